The van der Waals surface area contributed by atoms with Gasteiger partial charge in [-0.2, -0.15) is 0 Å². The number of hydrogen-bond donors (Lipinski definition) is 2. The van der Waals surface area contributed by atoms with Gasteiger partial charge in [0.25, 0.3) is 0 Å². The van der Waals surface area contributed by atoms with Crippen LogP contribution in [0.2, 0.25) is 10.0 Å². The fourth-order valence-corrected chi connectivity index (χ4v) is 3.83. The SMILES string of the molecule is CNc1cc(NC(=O)CCN2CCN(c3cccc(Cl)c3Cl)CC2)ccc1OC. The molecule has 0 bridgehead atoms. The summed E-state index contributed by atoms with van der Waals surface area (Å²) in [6.45, 7) is 4.18. The number of anilines is 3. The first-order valence-electron chi connectivity index (χ1n) is 9.58. The van der Waals surface area contributed by atoms with Crippen LogP contribution in [-0.2, 0) is 4.79 Å². The Morgan fingerprint density at radius 3 is 2.59 bits per heavy atom. The standard InChI is InChI=1S/C21H26Cl2N4O2/c1-24-17-14-15(6-7-19(17)29-2)25-20(28)8-9-26-10-12-27(13-11-26)18-5-3-4-16(22)21(18)23/h3-7,14,24H,8-13H2,1-2H3,(H,25,28). The van der Waals surface area contributed by atoms with E-state index in [9.17, 15) is 4.79 Å². The molecule has 1 aliphatic rings. The third-order valence-electron chi connectivity index (χ3n) is 5.05. The molecule has 0 radical (unpaired) electrons. The highest BCUT2D eigenvalue weighted by Crippen LogP contribution is 2.33. The summed E-state index contributed by atoms with van der Waals surface area (Å²) in [6.07, 6.45) is 0.443. The fraction of sp³-hybridized carbons (Fsp3) is 0.381. The predicted octanol–water partition coefficient (Wildman–Crippen LogP) is 4.19. The quantitative estimate of drug-likeness (QED) is 0.680. The van der Waals surface area contributed by atoms with Gasteiger partial charge in [-0.25, -0.2) is 0 Å². The molecule has 0 unspecified atom stereocenters. The number of ether oxygens (including phenoxy) is 1. The number of benzene rings is 2. The molecule has 0 aliphatic carbocycles. The van der Waals surface area contributed by atoms with E-state index in [2.05, 4.69) is 20.4 Å². The van der Waals surface area contributed by atoms with Crippen molar-refractivity contribution in [3.63, 3.8) is 0 Å². The molecule has 1 heterocycles. The highest BCUT2D eigenvalue weighted by Gasteiger charge is 2.20. The number of carbonyl (C=O) groups is 1. The average Bonchev–Trinajstić information content (AvgIpc) is 2.74. The van der Waals surface area contributed by atoms with Crippen LogP contribution in [-0.4, -0.2) is 57.7 Å². The van der Waals surface area contributed by atoms with E-state index in [4.69, 9.17) is 27.9 Å². The molecular formula is C21H26Cl2N4O2. The van der Waals surface area contributed by atoms with Crippen LogP contribution in [0.25, 0.3) is 0 Å². The van der Waals surface area contributed by atoms with Crippen LogP contribution in [0.15, 0.2) is 36.4 Å². The fourth-order valence-electron chi connectivity index (χ4n) is 3.41. The summed E-state index contributed by atoms with van der Waals surface area (Å²) in [6, 6.07) is 11.2. The molecular weight excluding hydrogens is 411 g/mol. The molecule has 0 saturated carbocycles. The first-order chi connectivity index (χ1) is 14.0. The number of hydrogen-bond acceptors (Lipinski definition) is 5. The van der Waals surface area contributed by atoms with Crippen molar-refractivity contribution in [2.45, 2.75) is 6.42 Å². The van der Waals surface area contributed by atoms with Crippen LogP contribution in [0.3, 0.4) is 0 Å². The van der Waals surface area contributed by atoms with Crippen molar-refractivity contribution in [1.82, 2.24) is 4.90 Å². The molecule has 2 aromatic carbocycles. The minimum atomic E-state index is -0.00228. The Labute approximate surface area is 181 Å². The van der Waals surface area contributed by atoms with Gasteiger partial charge in [-0.15, -0.1) is 0 Å². The van der Waals surface area contributed by atoms with Crippen molar-refractivity contribution >= 4 is 46.2 Å². The Morgan fingerprint density at radius 1 is 1.14 bits per heavy atom. The highest BCUT2D eigenvalue weighted by atomic mass is 35.5. The van der Waals surface area contributed by atoms with Crippen molar-refractivity contribution in [2.24, 2.45) is 0 Å². The van der Waals surface area contributed by atoms with Crippen LogP contribution in [0.5, 0.6) is 5.75 Å². The first-order valence-corrected chi connectivity index (χ1v) is 10.3. The Kier molecular flexibility index (Phi) is 7.47. The number of methoxy groups -OCH3 is 1. The van der Waals surface area contributed by atoms with E-state index in [-0.39, 0.29) is 5.91 Å². The smallest absolute Gasteiger partial charge is 0.225 e. The summed E-state index contributed by atoms with van der Waals surface area (Å²) in [5.41, 5.74) is 2.55. The van der Waals surface area contributed by atoms with Gasteiger partial charge >= 0.3 is 0 Å². The van der Waals surface area contributed by atoms with Gasteiger partial charge in [0, 0.05) is 51.9 Å². The van der Waals surface area contributed by atoms with E-state index in [0.29, 0.717) is 16.5 Å². The number of carbonyl (C=O) groups excluding carboxylic acids is 1. The second-order valence-electron chi connectivity index (χ2n) is 6.86. The normalized spacial score (nSPS) is 14.6. The molecule has 1 fully saturated rings. The number of rotatable bonds is 7. The molecule has 2 aromatic rings. The van der Waals surface area contributed by atoms with Crippen LogP contribution < -0.4 is 20.3 Å². The maximum atomic E-state index is 12.3. The van der Waals surface area contributed by atoms with Gasteiger partial charge in [-0.3, -0.25) is 9.69 Å². The Morgan fingerprint density at radius 2 is 1.90 bits per heavy atom. The highest BCUT2D eigenvalue weighted by molar-refractivity contribution is 6.43. The van der Waals surface area contributed by atoms with Gasteiger partial charge in [0.15, 0.2) is 0 Å². The summed E-state index contributed by atoms with van der Waals surface area (Å²) >= 11 is 12.5. The lowest BCUT2D eigenvalue weighted by atomic mass is 10.2. The molecule has 1 amide bonds. The second-order valence-corrected chi connectivity index (χ2v) is 7.65. The summed E-state index contributed by atoms with van der Waals surface area (Å²) in [4.78, 5) is 16.9. The Balaban J connectivity index is 1.47. The molecule has 156 valence electrons. The van der Waals surface area contributed by atoms with E-state index in [0.717, 1.165) is 55.5 Å². The van der Waals surface area contributed by atoms with Crippen LogP contribution >= 0.6 is 23.2 Å². The molecule has 8 heteroatoms. The van der Waals surface area contributed by atoms with E-state index < -0.39 is 0 Å². The minimum absolute atomic E-state index is 0.00228. The lowest BCUT2D eigenvalue weighted by Crippen LogP contribution is -2.47. The number of amides is 1. The minimum Gasteiger partial charge on any atom is -0.495 e. The molecule has 1 saturated heterocycles. The summed E-state index contributed by atoms with van der Waals surface area (Å²) < 4.78 is 5.28. The van der Waals surface area contributed by atoms with Crippen molar-refractivity contribution in [1.29, 1.82) is 0 Å². The Bertz CT molecular complexity index is 855. The monoisotopic (exact) mass is 436 g/mol. The van der Waals surface area contributed by atoms with Crippen molar-refractivity contribution in [2.75, 3.05) is 62.4 Å². The maximum Gasteiger partial charge on any atom is 0.225 e. The van der Waals surface area contributed by atoms with Crippen LogP contribution in [0, 0.1) is 0 Å². The topological polar surface area (TPSA) is 56.8 Å². The molecule has 3 rings (SSSR count). The van der Waals surface area contributed by atoms with E-state index in [1.807, 2.05) is 37.4 Å². The molecule has 6 nitrogen and oxygen atoms in total. The van der Waals surface area contributed by atoms with E-state index in [1.165, 1.54) is 0 Å². The largest absolute Gasteiger partial charge is 0.495 e. The van der Waals surface area contributed by atoms with E-state index >= 15 is 0 Å². The third-order valence-corrected chi connectivity index (χ3v) is 5.86. The molecule has 0 aromatic heterocycles. The summed E-state index contributed by atoms with van der Waals surface area (Å²) in [5, 5.41) is 7.19. The lowest BCUT2D eigenvalue weighted by molar-refractivity contribution is -0.116. The third kappa shape index (κ3) is 5.47. The molecule has 1 aliphatic heterocycles. The number of piperazine rings is 1. The maximum absolute atomic E-state index is 12.3. The predicted molar refractivity (Wildman–Crippen MR) is 121 cm³/mol. The summed E-state index contributed by atoms with van der Waals surface area (Å²) in [7, 11) is 3.44. The first kappa shape index (κ1) is 21.6. The number of nitrogens with zero attached hydrogens (tertiary/aromatic N) is 2. The van der Waals surface area contributed by atoms with Crippen molar-refractivity contribution in [3.8, 4) is 5.75 Å². The molecule has 0 atom stereocenters. The zero-order chi connectivity index (χ0) is 20.8. The van der Waals surface area contributed by atoms with Gasteiger partial charge < -0.3 is 20.3 Å². The van der Waals surface area contributed by atoms with Gasteiger partial charge in [0.1, 0.15) is 5.75 Å². The molecule has 2 N–H and O–H groups in total. The Hall–Kier alpha value is -2.15. The molecule has 0 spiro atoms. The number of halogens is 2. The zero-order valence-corrected chi connectivity index (χ0v) is 18.2. The lowest BCUT2D eigenvalue weighted by Gasteiger charge is -2.36. The van der Waals surface area contributed by atoms with E-state index in [1.54, 1.807) is 13.2 Å². The van der Waals surface area contributed by atoms with Crippen LogP contribution in [0.4, 0.5) is 17.1 Å². The second kappa shape index (κ2) is 10.1. The average molecular weight is 437 g/mol. The number of nitrogens with one attached hydrogen (secondary N) is 2. The van der Waals surface area contributed by atoms with Gasteiger partial charge in [0.2, 0.25) is 5.91 Å². The van der Waals surface area contributed by atoms with Gasteiger partial charge in [-0.1, -0.05) is 29.3 Å². The van der Waals surface area contributed by atoms with Crippen LogP contribution in [0.1, 0.15) is 6.42 Å². The molecule has 29 heavy (non-hydrogen) atoms. The van der Waals surface area contributed by atoms with Crippen molar-refractivity contribution < 1.29 is 9.53 Å². The van der Waals surface area contributed by atoms with Gasteiger partial charge in [-0.05, 0) is 30.3 Å². The van der Waals surface area contributed by atoms with Crippen molar-refractivity contribution in [3.05, 3.63) is 46.4 Å². The zero-order valence-electron chi connectivity index (χ0n) is 16.7. The summed E-state index contributed by atoms with van der Waals surface area (Å²) in [5.74, 6) is 0.737. The van der Waals surface area contributed by atoms with Gasteiger partial charge in [0.05, 0.1) is 28.5 Å².